The van der Waals surface area contributed by atoms with Crippen molar-refractivity contribution in [3.05, 3.63) is 11.3 Å². The Bertz CT molecular complexity index is 453. The van der Waals surface area contributed by atoms with E-state index in [1.165, 1.54) is 0 Å². The second kappa shape index (κ2) is 7.28. The molecule has 0 spiro atoms. The summed E-state index contributed by atoms with van der Waals surface area (Å²) in [5.41, 5.74) is 7.51. The number of nitrogens with two attached hydrogens (primary N) is 1. The van der Waals surface area contributed by atoms with Gasteiger partial charge in [0.15, 0.2) is 0 Å². The zero-order chi connectivity index (χ0) is 15.3. The van der Waals surface area contributed by atoms with Gasteiger partial charge in [0.25, 0.3) is 0 Å². The van der Waals surface area contributed by atoms with Gasteiger partial charge in [0.1, 0.15) is 5.82 Å². The van der Waals surface area contributed by atoms with Gasteiger partial charge in [-0.2, -0.15) is 5.10 Å². The van der Waals surface area contributed by atoms with Crippen LogP contribution in [0.25, 0.3) is 0 Å². The lowest BCUT2D eigenvalue weighted by Crippen LogP contribution is -2.38. The van der Waals surface area contributed by atoms with E-state index in [0.717, 1.165) is 36.7 Å². The molecule has 0 aromatic carbocycles. The summed E-state index contributed by atoms with van der Waals surface area (Å²) >= 11 is 0. The van der Waals surface area contributed by atoms with Crippen LogP contribution < -0.4 is 16.0 Å². The first-order valence-electron chi connectivity index (χ1n) is 7.13. The van der Waals surface area contributed by atoms with Crippen LogP contribution in [0.4, 0.5) is 5.82 Å². The molecule has 0 atom stereocenters. The Hall–Kier alpha value is -1.56. The van der Waals surface area contributed by atoms with Gasteiger partial charge in [-0.15, -0.1) is 0 Å². The topological polar surface area (TPSA) is 76.2 Å². The Balaban J connectivity index is 3.12. The van der Waals surface area contributed by atoms with Crippen molar-refractivity contribution in [1.82, 2.24) is 15.1 Å². The van der Waals surface area contributed by atoms with E-state index in [0.29, 0.717) is 5.92 Å². The van der Waals surface area contributed by atoms with Crippen molar-refractivity contribution in [3.63, 3.8) is 0 Å². The third-order valence-corrected chi connectivity index (χ3v) is 3.10. The van der Waals surface area contributed by atoms with Gasteiger partial charge in [0.2, 0.25) is 5.91 Å². The number of anilines is 1. The summed E-state index contributed by atoms with van der Waals surface area (Å²) in [6, 6.07) is 0. The number of hydrogen-bond donors (Lipinski definition) is 2. The van der Waals surface area contributed by atoms with Crippen molar-refractivity contribution >= 4 is 11.7 Å². The average molecular weight is 281 g/mol. The number of primary amides is 1. The fourth-order valence-electron chi connectivity index (χ4n) is 2.40. The van der Waals surface area contributed by atoms with E-state index in [-0.39, 0.29) is 12.5 Å². The van der Waals surface area contributed by atoms with Gasteiger partial charge in [0.05, 0.1) is 12.2 Å². The number of rotatable bonds is 8. The molecule has 6 heteroatoms. The molecular weight excluding hydrogens is 254 g/mol. The highest BCUT2D eigenvalue weighted by Crippen LogP contribution is 2.24. The largest absolute Gasteiger partial charge is 0.368 e. The number of carbonyl (C=O) groups is 1. The van der Waals surface area contributed by atoms with E-state index in [1.54, 1.807) is 0 Å². The van der Waals surface area contributed by atoms with Gasteiger partial charge in [-0.25, -0.2) is 0 Å². The summed E-state index contributed by atoms with van der Waals surface area (Å²) in [5.74, 6) is 1.10. The quantitative estimate of drug-likeness (QED) is 0.738. The number of nitrogens with zero attached hydrogens (tertiary/aromatic N) is 3. The molecule has 0 aliphatic carbocycles. The molecule has 0 unspecified atom stereocenters. The summed E-state index contributed by atoms with van der Waals surface area (Å²) in [5, 5.41) is 7.81. The van der Waals surface area contributed by atoms with Crippen molar-refractivity contribution in [1.29, 1.82) is 0 Å². The SMILES string of the molecule is CCNCc1c(C)nn(C)c1N(CC(N)=O)CC(C)C. The van der Waals surface area contributed by atoms with E-state index in [9.17, 15) is 4.79 Å². The van der Waals surface area contributed by atoms with E-state index in [2.05, 4.69) is 31.2 Å². The number of amides is 1. The summed E-state index contributed by atoms with van der Waals surface area (Å²) in [6.45, 7) is 11.0. The first kappa shape index (κ1) is 16.5. The molecule has 114 valence electrons. The standard InChI is InChI=1S/C14H27N5O/c1-6-16-7-12-11(4)17-18(5)14(12)19(8-10(2)3)9-13(15)20/h10,16H,6-9H2,1-5H3,(H2,15,20). The highest BCUT2D eigenvalue weighted by molar-refractivity contribution is 5.79. The molecule has 1 aromatic heterocycles. The van der Waals surface area contributed by atoms with Gasteiger partial charge in [-0.05, 0) is 19.4 Å². The van der Waals surface area contributed by atoms with Crippen molar-refractivity contribution in [2.45, 2.75) is 34.2 Å². The van der Waals surface area contributed by atoms with Gasteiger partial charge in [-0.1, -0.05) is 20.8 Å². The molecule has 0 fully saturated rings. The van der Waals surface area contributed by atoms with Gasteiger partial charge in [0, 0.05) is 25.7 Å². The number of aryl methyl sites for hydroxylation is 2. The van der Waals surface area contributed by atoms with Crippen molar-refractivity contribution in [2.75, 3.05) is 24.5 Å². The Morgan fingerprint density at radius 1 is 1.50 bits per heavy atom. The minimum absolute atomic E-state index is 0.219. The molecule has 3 N–H and O–H groups in total. The maximum absolute atomic E-state index is 11.3. The fraction of sp³-hybridized carbons (Fsp3) is 0.714. The van der Waals surface area contributed by atoms with Crippen LogP contribution >= 0.6 is 0 Å². The Kier molecular flexibility index (Phi) is 6.01. The maximum atomic E-state index is 11.3. The lowest BCUT2D eigenvalue weighted by Gasteiger charge is -2.26. The van der Waals surface area contributed by atoms with Crippen LogP contribution in [0.1, 0.15) is 32.0 Å². The smallest absolute Gasteiger partial charge is 0.236 e. The summed E-state index contributed by atoms with van der Waals surface area (Å²) in [7, 11) is 1.91. The summed E-state index contributed by atoms with van der Waals surface area (Å²) < 4.78 is 1.84. The Morgan fingerprint density at radius 2 is 2.15 bits per heavy atom. The van der Waals surface area contributed by atoms with E-state index in [4.69, 9.17) is 5.73 Å². The lowest BCUT2D eigenvalue weighted by atomic mass is 10.1. The van der Waals surface area contributed by atoms with E-state index >= 15 is 0 Å². The van der Waals surface area contributed by atoms with Crippen molar-refractivity contribution in [2.24, 2.45) is 18.7 Å². The molecule has 0 aliphatic rings. The highest BCUT2D eigenvalue weighted by atomic mass is 16.1. The van der Waals surface area contributed by atoms with Crippen LogP contribution in [0.5, 0.6) is 0 Å². The molecule has 0 aliphatic heterocycles. The fourth-order valence-corrected chi connectivity index (χ4v) is 2.40. The second-order valence-electron chi connectivity index (χ2n) is 5.53. The summed E-state index contributed by atoms with van der Waals surface area (Å²) in [4.78, 5) is 13.4. The van der Waals surface area contributed by atoms with E-state index < -0.39 is 0 Å². The zero-order valence-electron chi connectivity index (χ0n) is 13.2. The van der Waals surface area contributed by atoms with Crippen LogP contribution in [0.3, 0.4) is 0 Å². The number of carbonyl (C=O) groups excluding carboxylic acids is 1. The van der Waals surface area contributed by atoms with Gasteiger partial charge < -0.3 is 16.0 Å². The van der Waals surface area contributed by atoms with Gasteiger partial charge in [-0.3, -0.25) is 9.48 Å². The minimum Gasteiger partial charge on any atom is -0.368 e. The van der Waals surface area contributed by atoms with Crippen LogP contribution in [-0.2, 0) is 18.4 Å². The lowest BCUT2D eigenvalue weighted by molar-refractivity contribution is -0.116. The monoisotopic (exact) mass is 281 g/mol. The summed E-state index contributed by atoms with van der Waals surface area (Å²) in [6.07, 6.45) is 0. The third-order valence-electron chi connectivity index (χ3n) is 3.10. The molecule has 1 aromatic rings. The molecule has 0 bridgehead atoms. The molecule has 6 nitrogen and oxygen atoms in total. The predicted octanol–water partition coefficient (Wildman–Crippen LogP) is 0.786. The van der Waals surface area contributed by atoms with Crippen LogP contribution in [0, 0.1) is 12.8 Å². The molecule has 0 saturated carbocycles. The molecule has 0 radical (unpaired) electrons. The number of hydrogen-bond acceptors (Lipinski definition) is 4. The van der Waals surface area contributed by atoms with E-state index in [1.807, 2.05) is 23.6 Å². The number of nitrogens with one attached hydrogen (secondary N) is 1. The van der Waals surface area contributed by atoms with Crippen LogP contribution in [-0.4, -0.2) is 35.3 Å². The first-order valence-corrected chi connectivity index (χ1v) is 7.13. The Labute approximate surface area is 121 Å². The molecule has 20 heavy (non-hydrogen) atoms. The van der Waals surface area contributed by atoms with Gasteiger partial charge >= 0.3 is 0 Å². The Morgan fingerprint density at radius 3 is 2.65 bits per heavy atom. The first-order chi connectivity index (χ1) is 9.36. The minimum atomic E-state index is -0.320. The zero-order valence-corrected chi connectivity index (χ0v) is 13.2. The van der Waals surface area contributed by atoms with Crippen molar-refractivity contribution < 1.29 is 4.79 Å². The normalized spacial score (nSPS) is 11.1. The number of aromatic nitrogens is 2. The molecular formula is C14H27N5O. The third kappa shape index (κ3) is 4.23. The maximum Gasteiger partial charge on any atom is 0.236 e. The van der Waals surface area contributed by atoms with Crippen LogP contribution in [0.2, 0.25) is 0 Å². The molecule has 1 rings (SSSR count). The highest BCUT2D eigenvalue weighted by Gasteiger charge is 2.21. The molecule has 1 amide bonds. The molecule has 0 saturated heterocycles. The predicted molar refractivity (Wildman–Crippen MR) is 81.6 cm³/mol. The average Bonchev–Trinajstić information content (AvgIpc) is 2.59. The second-order valence-corrected chi connectivity index (χ2v) is 5.53. The molecule has 1 heterocycles. The van der Waals surface area contributed by atoms with Crippen molar-refractivity contribution in [3.8, 4) is 0 Å². The van der Waals surface area contributed by atoms with Crippen LogP contribution in [0.15, 0.2) is 0 Å².